The molecule has 2 N–H and O–H groups in total. The summed E-state index contributed by atoms with van der Waals surface area (Å²) in [6, 6.07) is 10.5. The van der Waals surface area contributed by atoms with Gasteiger partial charge in [0.05, 0.1) is 11.8 Å². The molecule has 0 spiro atoms. The second-order valence-electron chi connectivity index (χ2n) is 8.83. The molecule has 2 bridgehead atoms. The normalized spacial score (nSPS) is 26.8. The van der Waals surface area contributed by atoms with Crippen LogP contribution in [0.2, 0.25) is 0 Å². The van der Waals surface area contributed by atoms with Crippen LogP contribution in [0.5, 0.6) is 0 Å². The predicted molar refractivity (Wildman–Crippen MR) is 121 cm³/mol. The molecule has 1 saturated heterocycles. The first kappa shape index (κ1) is 21.6. The highest BCUT2D eigenvalue weighted by Gasteiger charge is 2.58. The van der Waals surface area contributed by atoms with Gasteiger partial charge in [-0.3, -0.25) is 19.5 Å². The standard InChI is InChI=1S/C24H33N5O2/c1-25-24(26-11-6-13-28(2)16-17-7-4-3-5-8-17)27-12-14-29-22(30)20-18-9-10-19(15-18)21(20)23(29)31/h3-5,7-10,18-21H,6,11-16H2,1-2H3,(H2,25,26,27). The van der Waals surface area contributed by atoms with Gasteiger partial charge in [0, 0.05) is 33.2 Å². The predicted octanol–water partition coefficient (Wildman–Crippen LogP) is 1.48. The molecule has 4 rings (SSSR count). The Balaban J connectivity index is 1.14. The average Bonchev–Trinajstić information content (AvgIpc) is 3.45. The summed E-state index contributed by atoms with van der Waals surface area (Å²) in [5, 5.41) is 6.55. The molecule has 4 atom stereocenters. The molecule has 166 valence electrons. The highest BCUT2D eigenvalue weighted by Crippen LogP contribution is 2.52. The van der Waals surface area contributed by atoms with Crippen molar-refractivity contribution >= 4 is 17.8 Å². The molecule has 1 heterocycles. The summed E-state index contributed by atoms with van der Waals surface area (Å²) < 4.78 is 0. The van der Waals surface area contributed by atoms with Gasteiger partial charge in [-0.1, -0.05) is 42.5 Å². The Labute approximate surface area is 184 Å². The van der Waals surface area contributed by atoms with Crippen molar-refractivity contribution < 1.29 is 9.59 Å². The van der Waals surface area contributed by atoms with Crippen LogP contribution in [0.4, 0.5) is 0 Å². The third kappa shape index (κ3) is 4.66. The summed E-state index contributed by atoms with van der Waals surface area (Å²) in [5.41, 5.74) is 1.31. The Morgan fingerprint density at radius 1 is 1.06 bits per heavy atom. The van der Waals surface area contributed by atoms with Gasteiger partial charge in [0.25, 0.3) is 0 Å². The van der Waals surface area contributed by atoms with E-state index in [-0.39, 0.29) is 35.5 Å². The van der Waals surface area contributed by atoms with Crippen molar-refractivity contribution in [2.45, 2.75) is 19.4 Å². The maximum Gasteiger partial charge on any atom is 0.233 e. The minimum Gasteiger partial charge on any atom is -0.356 e. The largest absolute Gasteiger partial charge is 0.356 e. The molecule has 7 nitrogen and oxygen atoms in total. The van der Waals surface area contributed by atoms with Crippen molar-refractivity contribution in [2.75, 3.05) is 40.3 Å². The van der Waals surface area contributed by atoms with Gasteiger partial charge in [0.1, 0.15) is 0 Å². The number of carbonyl (C=O) groups is 2. The Hall–Kier alpha value is -2.67. The molecule has 2 amide bonds. The number of guanidine groups is 1. The van der Waals surface area contributed by atoms with E-state index in [9.17, 15) is 9.59 Å². The van der Waals surface area contributed by atoms with Gasteiger partial charge in [0.2, 0.25) is 11.8 Å². The number of hydrogen-bond donors (Lipinski definition) is 2. The number of benzene rings is 1. The number of amides is 2. The van der Waals surface area contributed by atoms with Crippen LogP contribution < -0.4 is 10.6 Å². The maximum atomic E-state index is 12.7. The zero-order chi connectivity index (χ0) is 21.8. The quantitative estimate of drug-likeness (QED) is 0.207. The first-order chi connectivity index (χ1) is 15.1. The lowest BCUT2D eigenvalue weighted by atomic mass is 9.85. The number of rotatable bonds is 9. The first-order valence-electron chi connectivity index (χ1n) is 11.3. The van der Waals surface area contributed by atoms with Crippen LogP contribution in [-0.2, 0) is 16.1 Å². The summed E-state index contributed by atoms with van der Waals surface area (Å²) in [5.74, 6) is 1.01. The SMILES string of the molecule is CN=C(NCCCN(C)Cc1ccccc1)NCCN1C(=O)C2C3C=CC(C3)C2C1=O. The molecular formula is C24H33N5O2. The molecular weight excluding hydrogens is 390 g/mol. The van der Waals surface area contributed by atoms with Crippen molar-refractivity contribution in [3.8, 4) is 0 Å². The van der Waals surface area contributed by atoms with Gasteiger partial charge in [-0.05, 0) is 43.8 Å². The van der Waals surface area contributed by atoms with Crippen LogP contribution in [0.15, 0.2) is 47.5 Å². The van der Waals surface area contributed by atoms with Gasteiger partial charge in [-0.15, -0.1) is 0 Å². The van der Waals surface area contributed by atoms with Crippen molar-refractivity contribution in [3.05, 3.63) is 48.0 Å². The number of nitrogens with zero attached hydrogens (tertiary/aromatic N) is 3. The molecule has 1 aromatic rings. The molecule has 7 heteroatoms. The maximum absolute atomic E-state index is 12.7. The molecule has 1 saturated carbocycles. The van der Waals surface area contributed by atoms with E-state index in [0.29, 0.717) is 19.0 Å². The zero-order valence-corrected chi connectivity index (χ0v) is 18.5. The van der Waals surface area contributed by atoms with Crippen LogP contribution >= 0.6 is 0 Å². The van der Waals surface area contributed by atoms with Gasteiger partial charge in [-0.2, -0.15) is 0 Å². The smallest absolute Gasteiger partial charge is 0.233 e. The summed E-state index contributed by atoms with van der Waals surface area (Å²) in [6.45, 7) is 3.62. The van der Waals surface area contributed by atoms with Gasteiger partial charge >= 0.3 is 0 Å². The summed E-state index contributed by atoms with van der Waals surface area (Å²) in [4.78, 5) is 33.5. The number of allylic oxidation sites excluding steroid dienone is 2. The van der Waals surface area contributed by atoms with Crippen LogP contribution in [0.3, 0.4) is 0 Å². The highest BCUT2D eigenvalue weighted by atomic mass is 16.2. The monoisotopic (exact) mass is 423 g/mol. The van der Waals surface area contributed by atoms with E-state index in [1.165, 1.54) is 10.5 Å². The minimum atomic E-state index is -0.118. The fourth-order valence-corrected chi connectivity index (χ4v) is 5.22. The van der Waals surface area contributed by atoms with Crippen molar-refractivity contribution in [3.63, 3.8) is 0 Å². The number of aliphatic imine (C=N–C) groups is 1. The zero-order valence-electron chi connectivity index (χ0n) is 18.5. The minimum absolute atomic E-state index is 0.0121. The van der Waals surface area contributed by atoms with E-state index >= 15 is 0 Å². The Kier molecular flexibility index (Phi) is 6.70. The number of hydrogen-bond acceptors (Lipinski definition) is 4. The van der Waals surface area contributed by atoms with E-state index in [0.717, 1.165) is 32.5 Å². The van der Waals surface area contributed by atoms with Gasteiger partial charge < -0.3 is 15.5 Å². The van der Waals surface area contributed by atoms with Crippen LogP contribution in [-0.4, -0.2) is 67.8 Å². The third-order valence-corrected chi connectivity index (χ3v) is 6.72. The second kappa shape index (κ2) is 9.64. The van der Waals surface area contributed by atoms with Gasteiger partial charge in [0.15, 0.2) is 5.96 Å². The summed E-state index contributed by atoms with van der Waals surface area (Å²) in [6.07, 6.45) is 6.21. The molecule has 2 fully saturated rings. The molecule has 1 aromatic carbocycles. The Morgan fingerprint density at radius 3 is 2.35 bits per heavy atom. The number of likely N-dealkylation sites (tertiary alicyclic amines) is 1. The topological polar surface area (TPSA) is 77.0 Å². The highest BCUT2D eigenvalue weighted by molar-refractivity contribution is 6.06. The Bertz CT molecular complexity index is 823. The molecule has 2 aliphatic carbocycles. The number of fused-ring (bicyclic) bond motifs is 5. The van der Waals surface area contributed by atoms with Crippen molar-refractivity contribution in [1.82, 2.24) is 20.4 Å². The van der Waals surface area contributed by atoms with Crippen LogP contribution in [0.1, 0.15) is 18.4 Å². The second-order valence-corrected chi connectivity index (χ2v) is 8.83. The lowest BCUT2D eigenvalue weighted by molar-refractivity contribution is -0.140. The number of imide groups is 1. The number of nitrogens with one attached hydrogen (secondary N) is 2. The third-order valence-electron chi connectivity index (χ3n) is 6.72. The fraction of sp³-hybridized carbons (Fsp3) is 0.542. The van der Waals surface area contributed by atoms with E-state index in [1.54, 1.807) is 7.05 Å². The molecule has 4 unspecified atom stereocenters. The molecule has 3 aliphatic rings. The molecule has 0 aromatic heterocycles. The lowest BCUT2D eigenvalue weighted by Crippen LogP contribution is -2.44. The van der Waals surface area contributed by atoms with Crippen molar-refractivity contribution in [1.29, 1.82) is 0 Å². The van der Waals surface area contributed by atoms with E-state index in [1.807, 2.05) is 6.07 Å². The van der Waals surface area contributed by atoms with Crippen LogP contribution in [0, 0.1) is 23.7 Å². The fourth-order valence-electron chi connectivity index (χ4n) is 5.22. The molecule has 0 radical (unpaired) electrons. The average molecular weight is 424 g/mol. The summed E-state index contributed by atoms with van der Waals surface area (Å²) >= 11 is 0. The lowest BCUT2D eigenvalue weighted by Gasteiger charge is -2.19. The van der Waals surface area contributed by atoms with E-state index in [4.69, 9.17) is 0 Å². The van der Waals surface area contributed by atoms with E-state index in [2.05, 4.69) is 64.0 Å². The Morgan fingerprint density at radius 2 is 1.71 bits per heavy atom. The molecule has 31 heavy (non-hydrogen) atoms. The first-order valence-corrected chi connectivity index (χ1v) is 11.3. The van der Waals surface area contributed by atoms with Gasteiger partial charge in [-0.25, -0.2) is 0 Å². The molecule has 1 aliphatic heterocycles. The number of carbonyl (C=O) groups excluding carboxylic acids is 2. The van der Waals surface area contributed by atoms with Crippen LogP contribution in [0.25, 0.3) is 0 Å². The van der Waals surface area contributed by atoms with E-state index < -0.39 is 0 Å². The summed E-state index contributed by atoms with van der Waals surface area (Å²) in [7, 11) is 3.86. The van der Waals surface area contributed by atoms with Crippen molar-refractivity contribution in [2.24, 2.45) is 28.7 Å².